The van der Waals surface area contributed by atoms with Gasteiger partial charge in [0.05, 0.1) is 11.1 Å². The molecular weight excluding hydrogens is 536 g/mol. The second-order valence-electron chi connectivity index (χ2n) is 12.7. The Morgan fingerprint density at radius 2 is 1.85 bits per heavy atom. The molecule has 0 atom stereocenters. The smallest absolute Gasteiger partial charge is 0.237 e. The van der Waals surface area contributed by atoms with E-state index in [2.05, 4.69) is 43.0 Å². The summed E-state index contributed by atoms with van der Waals surface area (Å²) >= 11 is 0. The number of rotatable bonds is 14. The quantitative estimate of drug-likeness (QED) is 0.208. The molecule has 1 amide bonds. The monoisotopic (exact) mass is 582 g/mol. The van der Waals surface area contributed by atoms with E-state index >= 15 is 0 Å². The van der Waals surface area contributed by atoms with Crippen molar-refractivity contribution in [1.82, 2.24) is 14.8 Å². The van der Waals surface area contributed by atoms with Gasteiger partial charge in [-0.25, -0.2) is 4.68 Å². The van der Waals surface area contributed by atoms with E-state index in [0.717, 1.165) is 65.5 Å². The molecule has 1 aromatic carbocycles. The summed E-state index contributed by atoms with van der Waals surface area (Å²) < 4.78 is 18.9. The van der Waals surface area contributed by atoms with Crippen molar-refractivity contribution < 1.29 is 24.1 Å². The molecule has 9 nitrogen and oxygen atoms in total. The Kier molecular flexibility index (Phi) is 9.06. The summed E-state index contributed by atoms with van der Waals surface area (Å²) in [5.74, 6) is 0.0731. The van der Waals surface area contributed by atoms with Gasteiger partial charge in [0.15, 0.2) is 0 Å². The number of amides is 1. The number of hydrogen-bond acceptors (Lipinski definition) is 6. The lowest BCUT2D eigenvalue weighted by Gasteiger charge is -2.28. The first-order chi connectivity index (χ1) is 19.7. The standard InChI is InChI=1S/C31H46N4O5Si/c1-38-14-10-31(11-15-39-2)25-19-26-24(18-27(25)35(30(31)37)12-7-13-36)23-9-6-8-22-20-34(33-28(22)29(23)32-26)21-40-16-17-41(3,4)5/h18-20,32,36H,6-17,21H2,1-5H3. The minimum atomic E-state index is -1.14. The second-order valence-corrected chi connectivity index (χ2v) is 18.4. The molecule has 5 rings (SSSR count). The molecule has 3 aromatic rings. The SMILES string of the molecule is COCCC1(CCOC)C(=O)N(CCCO)c2cc3c4c([nH]c3cc21)-c1nn(COCC[Si](C)(C)C)cc1CCC4. The number of fused-ring (bicyclic) bond motifs is 6. The Balaban J connectivity index is 1.55. The third-order valence-corrected chi connectivity index (χ3v) is 10.4. The van der Waals surface area contributed by atoms with Crippen LogP contribution >= 0.6 is 0 Å². The minimum absolute atomic E-state index is 0.0390. The zero-order valence-corrected chi connectivity index (χ0v) is 26.3. The van der Waals surface area contributed by atoms with E-state index in [-0.39, 0.29) is 12.5 Å². The van der Waals surface area contributed by atoms with Crippen LogP contribution in [0, 0.1) is 0 Å². The van der Waals surface area contributed by atoms with Crippen molar-refractivity contribution >= 4 is 30.6 Å². The molecule has 0 spiro atoms. The summed E-state index contributed by atoms with van der Waals surface area (Å²) in [6.07, 6.45) is 6.77. The molecule has 224 valence electrons. The maximum Gasteiger partial charge on any atom is 0.237 e. The first-order valence-corrected chi connectivity index (χ1v) is 18.7. The number of aliphatic hydroxyl groups excluding tert-OH is 1. The number of carbonyl (C=O) groups excluding carboxylic acids is 1. The number of methoxy groups -OCH3 is 2. The molecule has 2 aliphatic rings. The maximum atomic E-state index is 14.1. The number of aryl methyl sites for hydroxylation is 2. The van der Waals surface area contributed by atoms with Crippen LogP contribution in [0.25, 0.3) is 22.3 Å². The van der Waals surface area contributed by atoms with E-state index in [1.165, 1.54) is 11.1 Å². The highest BCUT2D eigenvalue weighted by molar-refractivity contribution is 6.76. The van der Waals surface area contributed by atoms with Gasteiger partial charge in [-0.3, -0.25) is 4.79 Å². The Morgan fingerprint density at radius 1 is 1.10 bits per heavy atom. The van der Waals surface area contributed by atoms with Gasteiger partial charge >= 0.3 is 0 Å². The molecule has 0 saturated carbocycles. The highest BCUT2D eigenvalue weighted by Crippen LogP contribution is 2.49. The number of aromatic nitrogens is 3. The Morgan fingerprint density at radius 3 is 2.54 bits per heavy atom. The fourth-order valence-corrected chi connectivity index (χ4v) is 7.12. The first-order valence-electron chi connectivity index (χ1n) is 15.0. The fraction of sp³-hybridized carbons (Fsp3) is 0.613. The molecule has 0 radical (unpaired) electrons. The molecule has 2 aromatic heterocycles. The summed E-state index contributed by atoms with van der Waals surface area (Å²) in [6, 6.07) is 5.51. The van der Waals surface area contributed by atoms with Crippen LogP contribution in [0.2, 0.25) is 25.7 Å². The van der Waals surface area contributed by atoms with Gasteiger partial charge in [0.2, 0.25) is 5.91 Å². The number of H-pyrrole nitrogens is 1. The highest BCUT2D eigenvalue weighted by atomic mass is 28.3. The van der Waals surface area contributed by atoms with Crippen molar-refractivity contribution in [2.45, 2.75) is 76.4 Å². The van der Waals surface area contributed by atoms with Crippen LogP contribution in [0.3, 0.4) is 0 Å². The zero-order valence-electron chi connectivity index (χ0n) is 25.3. The number of hydrogen-bond donors (Lipinski definition) is 2. The Labute approximate surface area is 244 Å². The predicted molar refractivity (Wildman–Crippen MR) is 164 cm³/mol. The van der Waals surface area contributed by atoms with Crippen molar-refractivity contribution in [3.63, 3.8) is 0 Å². The topological polar surface area (TPSA) is 102 Å². The van der Waals surface area contributed by atoms with Crippen LogP contribution in [0.4, 0.5) is 5.69 Å². The lowest BCUT2D eigenvalue weighted by Crippen LogP contribution is -2.42. The molecule has 0 saturated heterocycles. The van der Waals surface area contributed by atoms with E-state index in [0.29, 0.717) is 45.8 Å². The molecule has 1 aliphatic heterocycles. The lowest BCUT2D eigenvalue weighted by atomic mass is 9.76. The molecule has 10 heteroatoms. The molecule has 0 unspecified atom stereocenters. The van der Waals surface area contributed by atoms with Crippen LogP contribution in [-0.2, 0) is 44.0 Å². The second kappa shape index (κ2) is 12.4. The number of nitrogens with one attached hydrogen (secondary N) is 1. The largest absolute Gasteiger partial charge is 0.396 e. The van der Waals surface area contributed by atoms with Crippen LogP contribution < -0.4 is 4.90 Å². The summed E-state index contributed by atoms with van der Waals surface area (Å²) in [6.45, 7) is 9.79. The van der Waals surface area contributed by atoms with Gasteiger partial charge in [0, 0.05) is 78.1 Å². The number of ether oxygens (including phenoxy) is 3. The number of benzene rings is 1. The third-order valence-electron chi connectivity index (χ3n) is 8.66. The number of nitrogens with zero attached hydrogens (tertiary/aromatic N) is 3. The summed E-state index contributed by atoms with van der Waals surface area (Å²) in [7, 11) is 2.21. The maximum absolute atomic E-state index is 14.1. The molecule has 0 fully saturated rings. The summed E-state index contributed by atoms with van der Waals surface area (Å²) in [5.41, 5.74) is 6.83. The molecule has 41 heavy (non-hydrogen) atoms. The summed E-state index contributed by atoms with van der Waals surface area (Å²) in [5, 5.41) is 15.7. The average Bonchev–Trinajstić information content (AvgIpc) is 3.53. The third kappa shape index (κ3) is 5.90. The van der Waals surface area contributed by atoms with Crippen molar-refractivity contribution in [2.75, 3.05) is 52.1 Å². The van der Waals surface area contributed by atoms with E-state index in [1.807, 2.05) is 9.58 Å². The lowest BCUT2D eigenvalue weighted by molar-refractivity contribution is -0.124. The van der Waals surface area contributed by atoms with Gasteiger partial charge < -0.3 is 29.2 Å². The van der Waals surface area contributed by atoms with Gasteiger partial charge in [-0.05, 0) is 73.4 Å². The van der Waals surface area contributed by atoms with E-state index in [1.54, 1.807) is 14.2 Å². The van der Waals surface area contributed by atoms with Crippen LogP contribution in [-0.4, -0.2) is 81.0 Å². The predicted octanol–water partition coefficient (Wildman–Crippen LogP) is 4.87. The van der Waals surface area contributed by atoms with E-state index < -0.39 is 13.5 Å². The Hall–Kier alpha value is -2.50. The average molecular weight is 583 g/mol. The molecule has 3 heterocycles. The van der Waals surface area contributed by atoms with Crippen molar-refractivity contribution in [3.8, 4) is 11.4 Å². The van der Waals surface area contributed by atoms with E-state index in [4.69, 9.17) is 19.3 Å². The molecule has 1 aliphatic carbocycles. The van der Waals surface area contributed by atoms with Crippen LogP contribution in [0.15, 0.2) is 18.3 Å². The normalized spacial score (nSPS) is 16.2. The van der Waals surface area contributed by atoms with Crippen molar-refractivity contribution in [1.29, 1.82) is 0 Å². The van der Waals surface area contributed by atoms with Gasteiger partial charge in [-0.15, -0.1) is 0 Å². The van der Waals surface area contributed by atoms with Crippen LogP contribution in [0.1, 0.15) is 42.4 Å². The van der Waals surface area contributed by atoms with Gasteiger partial charge in [0.25, 0.3) is 0 Å². The molecule has 2 N–H and O–H groups in total. The van der Waals surface area contributed by atoms with E-state index in [9.17, 15) is 9.90 Å². The molecular formula is C31H46N4O5Si. The van der Waals surface area contributed by atoms with Crippen molar-refractivity contribution in [2.24, 2.45) is 0 Å². The number of aliphatic hydroxyl groups is 1. The number of aromatic amines is 1. The van der Waals surface area contributed by atoms with Gasteiger partial charge in [-0.1, -0.05) is 19.6 Å². The molecule has 0 bridgehead atoms. The minimum Gasteiger partial charge on any atom is -0.396 e. The summed E-state index contributed by atoms with van der Waals surface area (Å²) in [4.78, 5) is 19.7. The first kappa shape index (κ1) is 30.0. The zero-order chi connectivity index (χ0) is 29.2. The van der Waals surface area contributed by atoms with Gasteiger partial charge in [-0.2, -0.15) is 5.10 Å². The van der Waals surface area contributed by atoms with Crippen LogP contribution in [0.5, 0.6) is 0 Å². The number of anilines is 1. The fourth-order valence-electron chi connectivity index (χ4n) is 6.36. The van der Waals surface area contributed by atoms with Crippen molar-refractivity contribution in [3.05, 3.63) is 35.0 Å². The van der Waals surface area contributed by atoms with Gasteiger partial charge in [0.1, 0.15) is 12.4 Å². The number of carbonyl (C=O) groups is 1. The Bertz CT molecular complexity index is 1370. The highest BCUT2D eigenvalue weighted by Gasteiger charge is 2.50.